The third kappa shape index (κ3) is 4.89. The molecule has 4 aromatic rings. The molecule has 0 aliphatic rings. The highest BCUT2D eigenvalue weighted by Crippen LogP contribution is 2.27. The Morgan fingerprint density at radius 3 is 2.52 bits per heavy atom. The van der Waals surface area contributed by atoms with E-state index in [1.165, 1.54) is 0 Å². The summed E-state index contributed by atoms with van der Waals surface area (Å²) in [6.45, 7) is 3.62. The van der Waals surface area contributed by atoms with Crippen LogP contribution in [-0.4, -0.2) is 30.6 Å². The van der Waals surface area contributed by atoms with E-state index in [0.717, 1.165) is 41.4 Å². The monoisotopic (exact) mass is 388 g/mol. The lowest BCUT2D eigenvalue weighted by molar-refractivity contribution is 0.450. The van der Waals surface area contributed by atoms with Gasteiger partial charge in [-0.1, -0.05) is 18.2 Å². The van der Waals surface area contributed by atoms with Crippen molar-refractivity contribution in [1.29, 1.82) is 0 Å². The van der Waals surface area contributed by atoms with Gasteiger partial charge in [0.05, 0.1) is 12.2 Å². The fourth-order valence-electron chi connectivity index (χ4n) is 3.17. The van der Waals surface area contributed by atoms with Crippen LogP contribution >= 0.6 is 0 Å². The van der Waals surface area contributed by atoms with Gasteiger partial charge in [-0.25, -0.2) is 4.98 Å². The normalized spacial score (nSPS) is 12.1. The van der Waals surface area contributed by atoms with E-state index < -0.39 is 0 Å². The molecule has 4 rings (SSSR count). The minimum absolute atomic E-state index is 0.256. The molecular formula is C22H24N6O. The van der Waals surface area contributed by atoms with Crippen molar-refractivity contribution in [3.05, 3.63) is 79.0 Å². The lowest BCUT2D eigenvalue weighted by Crippen LogP contribution is -2.30. The summed E-state index contributed by atoms with van der Waals surface area (Å²) in [5.41, 5.74) is 3.18. The molecule has 0 unspecified atom stereocenters. The summed E-state index contributed by atoms with van der Waals surface area (Å²) >= 11 is 0. The molecule has 0 saturated carbocycles. The molecule has 0 aliphatic heterocycles. The molecule has 1 atom stereocenters. The average molecular weight is 388 g/mol. The quantitative estimate of drug-likeness (QED) is 0.499. The molecule has 1 N–H and O–H groups in total. The molecule has 2 aromatic heterocycles. The van der Waals surface area contributed by atoms with Crippen molar-refractivity contribution in [2.75, 3.05) is 0 Å². The maximum atomic E-state index is 5.88. The van der Waals surface area contributed by atoms with Crippen LogP contribution in [0.3, 0.4) is 0 Å². The third-order valence-electron chi connectivity index (χ3n) is 4.58. The maximum absolute atomic E-state index is 5.88. The Kier molecular flexibility index (Phi) is 5.67. The molecular weight excluding hydrogens is 364 g/mol. The van der Waals surface area contributed by atoms with E-state index >= 15 is 0 Å². The molecule has 148 valence electrons. The topological polar surface area (TPSA) is 69.8 Å². The minimum atomic E-state index is 0.256. The first kappa shape index (κ1) is 18.9. The van der Waals surface area contributed by atoms with E-state index in [2.05, 4.69) is 33.6 Å². The Bertz CT molecular complexity index is 1030. The summed E-state index contributed by atoms with van der Waals surface area (Å²) in [6.07, 6.45) is 5.34. The number of para-hydroxylation sites is 1. The second kappa shape index (κ2) is 8.70. The lowest BCUT2D eigenvalue weighted by Gasteiger charge is -2.13. The minimum Gasteiger partial charge on any atom is -0.457 e. The van der Waals surface area contributed by atoms with Crippen molar-refractivity contribution < 1.29 is 4.74 Å². The Morgan fingerprint density at radius 2 is 1.79 bits per heavy atom. The van der Waals surface area contributed by atoms with Gasteiger partial charge in [-0.15, -0.1) is 0 Å². The van der Waals surface area contributed by atoms with E-state index in [-0.39, 0.29) is 6.04 Å². The Labute approximate surface area is 170 Å². The molecule has 0 amide bonds. The Morgan fingerprint density at radius 1 is 1.03 bits per heavy atom. The average Bonchev–Trinajstić information content (AvgIpc) is 3.37. The predicted molar refractivity (Wildman–Crippen MR) is 111 cm³/mol. The van der Waals surface area contributed by atoms with E-state index in [9.17, 15) is 0 Å². The van der Waals surface area contributed by atoms with Gasteiger partial charge in [-0.05, 0) is 43.3 Å². The number of benzene rings is 2. The first-order valence-electron chi connectivity index (χ1n) is 9.59. The van der Waals surface area contributed by atoms with E-state index in [1.54, 1.807) is 12.7 Å². The zero-order chi connectivity index (χ0) is 20.1. The predicted octanol–water partition coefficient (Wildman–Crippen LogP) is 3.65. The standard InChI is InChI=1S/C22H24N6O/c1-17(13-28-16-23-15-25-28)24-12-19-14-27(2)26-22(19)18-8-10-21(11-9-18)29-20-6-4-3-5-7-20/h3-11,14-17,24H,12-13H2,1-2H3/t17-/m1/s1. The molecule has 2 aromatic carbocycles. The van der Waals surface area contributed by atoms with Crippen molar-refractivity contribution in [2.24, 2.45) is 7.05 Å². The van der Waals surface area contributed by atoms with Crippen LogP contribution in [0.2, 0.25) is 0 Å². The number of aromatic nitrogens is 5. The third-order valence-corrected chi connectivity index (χ3v) is 4.58. The number of nitrogens with one attached hydrogen (secondary N) is 1. The second-order valence-corrected chi connectivity index (χ2v) is 7.02. The van der Waals surface area contributed by atoms with Crippen LogP contribution in [0.5, 0.6) is 11.5 Å². The summed E-state index contributed by atoms with van der Waals surface area (Å²) in [4.78, 5) is 3.98. The molecule has 0 saturated heterocycles. The van der Waals surface area contributed by atoms with Crippen molar-refractivity contribution in [2.45, 2.75) is 26.1 Å². The first-order valence-corrected chi connectivity index (χ1v) is 9.59. The van der Waals surface area contributed by atoms with Crippen molar-refractivity contribution in [1.82, 2.24) is 29.9 Å². The number of hydrogen-bond acceptors (Lipinski definition) is 5. The molecule has 7 nitrogen and oxygen atoms in total. The van der Waals surface area contributed by atoms with Gasteiger partial charge in [0, 0.05) is 37.0 Å². The molecule has 0 bridgehead atoms. The number of rotatable bonds is 8. The van der Waals surface area contributed by atoms with Gasteiger partial charge in [-0.2, -0.15) is 10.2 Å². The Hall–Kier alpha value is -3.45. The van der Waals surface area contributed by atoms with Crippen LogP contribution < -0.4 is 10.1 Å². The summed E-state index contributed by atoms with van der Waals surface area (Å²) in [5, 5.41) is 12.4. The second-order valence-electron chi connectivity index (χ2n) is 7.02. The largest absolute Gasteiger partial charge is 0.457 e. The van der Waals surface area contributed by atoms with Gasteiger partial charge in [0.15, 0.2) is 0 Å². The van der Waals surface area contributed by atoms with Crippen LogP contribution in [0.25, 0.3) is 11.3 Å². The first-order chi connectivity index (χ1) is 14.2. The molecule has 29 heavy (non-hydrogen) atoms. The molecule has 0 spiro atoms. The maximum Gasteiger partial charge on any atom is 0.137 e. The van der Waals surface area contributed by atoms with Gasteiger partial charge in [0.25, 0.3) is 0 Å². The van der Waals surface area contributed by atoms with Crippen LogP contribution in [0.15, 0.2) is 73.4 Å². The van der Waals surface area contributed by atoms with E-state index in [1.807, 2.05) is 71.0 Å². The van der Waals surface area contributed by atoms with Gasteiger partial charge in [0.2, 0.25) is 0 Å². The fourth-order valence-corrected chi connectivity index (χ4v) is 3.17. The number of hydrogen-bond donors (Lipinski definition) is 1. The zero-order valence-corrected chi connectivity index (χ0v) is 16.6. The SMILES string of the molecule is C[C@H](Cn1cncn1)NCc1cn(C)nc1-c1ccc(Oc2ccccc2)cc1. The van der Waals surface area contributed by atoms with Gasteiger partial charge >= 0.3 is 0 Å². The highest BCUT2D eigenvalue weighted by Gasteiger charge is 2.12. The van der Waals surface area contributed by atoms with Gasteiger partial charge in [0.1, 0.15) is 24.2 Å². The molecule has 0 aliphatic carbocycles. The lowest BCUT2D eigenvalue weighted by atomic mass is 10.1. The highest BCUT2D eigenvalue weighted by atomic mass is 16.5. The van der Waals surface area contributed by atoms with Crippen LogP contribution in [0, 0.1) is 0 Å². The van der Waals surface area contributed by atoms with Crippen molar-refractivity contribution >= 4 is 0 Å². The summed E-state index contributed by atoms with van der Waals surface area (Å²) in [7, 11) is 1.94. The number of aryl methyl sites for hydroxylation is 1. The molecule has 0 fully saturated rings. The number of nitrogens with zero attached hydrogens (tertiary/aromatic N) is 5. The summed E-state index contributed by atoms with van der Waals surface area (Å²) in [5.74, 6) is 1.63. The summed E-state index contributed by atoms with van der Waals surface area (Å²) in [6, 6.07) is 18.1. The summed E-state index contributed by atoms with van der Waals surface area (Å²) < 4.78 is 9.56. The van der Waals surface area contributed by atoms with E-state index in [4.69, 9.17) is 4.74 Å². The Balaban J connectivity index is 1.43. The van der Waals surface area contributed by atoms with Crippen molar-refractivity contribution in [3.8, 4) is 22.8 Å². The van der Waals surface area contributed by atoms with Crippen molar-refractivity contribution in [3.63, 3.8) is 0 Å². The highest BCUT2D eigenvalue weighted by molar-refractivity contribution is 5.63. The van der Waals surface area contributed by atoms with Gasteiger partial charge in [-0.3, -0.25) is 9.36 Å². The van der Waals surface area contributed by atoms with Crippen LogP contribution in [0.4, 0.5) is 0 Å². The smallest absolute Gasteiger partial charge is 0.137 e. The van der Waals surface area contributed by atoms with Crippen LogP contribution in [0.1, 0.15) is 12.5 Å². The zero-order valence-electron chi connectivity index (χ0n) is 16.6. The molecule has 2 heterocycles. The van der Waals surface area contributed by atoms with Gasteiger partial charge < -0.3 is 10.1 Å². The fraction of sp³-hybridized carbons (Fsp3) is 0.227. The van der Waals surface area contributed by atoms with Crippen LogP contribution in [-0.2, 0) is 20.1 Å². The molecule has 0 radical (unpaired) electrons. The van der Waals surface area contributed by atoms with E-state index in [0.29, 0.717) is 0 Å². The molecule has 7 heteroatoms. The number of ether oxygens (including phenoxy) is 1.